The zero-order valence-electron chi connectivity index (χ0n) is 15.1. The molecule has 2 aromatic heterocycles. The average molecular weight is 411 g/mol. The number of hydrogen-bond donors (Lipinski definition) is 2. The molecular formula is C20H17N3O5S. The Kier molecular flexibility index (Phi) is 6.32. The highest BCUT2D eigenvalue weighted by molar-refractivity contribution is 7.81. The number of hydrogen-bond acceptors (Lipinski definition) is 6. The molecule has 3 aromatic rings. The molecule has 0 spiro atoms. The summed E-state index contributed by atoms with van der Waals surface area (Å²) < 4.78 is 6.79. The van der Waals surface area contributed by atoms with Gasteiger partial charge in [-0.05, 0) is 41.7 Å². The number of non-ortho nitro benzene ring substituents is 1. The van der Waals surface area contributed by atoms with Crippen molar-refractivity contribution in [2.45, 2.75) is 13.2 Å². The van der Waals surface area contributed by atoms with E-state index < -0.39 is 10.7 Å². The molecule has 2 heterocycles. The molecule has 8 nitrogen and oxygen atoms in total. The van der Waals surface area contributed by atoms with Crippen LogP contribution in [0, 0.1) is 10.1 Å². The van der Waals surface area contributed by atoms with Gasteiger partial charge in [0.1, 0.15) is 5.76 Å². The number of nitrogens with zero attached hydrogens (tertiary/aromatic N) is 2. The average Bonchev–Trinajstić information content (AvgIpc) is 3.26. The van der Waals surface area contributed by atoms with Crippen LogP contribution in [0.25, 0.3) is 11.5 Å². The number of aliphatic hydroxyl groups is 1. The molecule has 0 fully saturated rings. The molecular weight excluding hydrogens is 394 g/mol. The number of aliphatic hydroxyl groups excluding tert-OH is 1. The van der Waals surface area contributed by atoms with Crippen molar-refractivity contribution in [2.24, 2.45) is 0 Å². The fraction of sp³-hybridized carbons (Fsp3) is 0.100. The van der Waals surface area contributed by atoms with Crippen LogP contribution >= 0.6 is 12.2 Å². The molecule has 148 valence electrons. The van der Waals surface area contributed by atoms with E-state index in [1.54, 1.807) is 36.7 Å². The maximum Gasteiger partial charge on any atom is 0.269 e. The van der Waals surface area contributed by atoms with E-state index >= 15 is 0 Å². The van der Waals surface area contributed by atoms with Gasteiger partial charge >= 0.3 is 0 Å². The topological polar surface area (TPSA) is 115 Å². The number of nitro benzene ring substituents is 1. The van der Waals surface area contributed by atoms with Crippen molar-refractivity contribution in [1.82, 2.24) is 5.32 Å². The first-order valence-corrected chi connectivity index (χ1v) is 8.98. The molecule has 0 radical (unpaired) electrons. The van der Waals surface area contributed by atoms with Gasteiger partial charge in [-0.3, -0.25) is 10.1 Å². The molecule has 0 aliphatic carbocycles. The summed E-state index contributed by atoms with van der Waals surface area (Å²) in [7, 11) is 0. The van der Waals surface area contributed by atoms with Gasteiger partial charge in [-0.15, -0.1) is 0 Å². The predicted molar refractivity (Wildman–Crippen MR) is 107 cm³/mol. The predicted octanol–water partition coefficient (Wildman–Crippen LogP) is 1.77. The number of rotatable bonds is 7. The first-order valence-electron chi connectivity index (χ1n) is 8.57. The largest absolute Gasteiger partial charge is 0.867 e. The molecule has 2 N–H and O–H groups in total. The second-order valence-electron chi connectivity index (χ2n) is 6.02. The van der Waals surface area contributed by atoms with E-state index in [0.29, 0.717) is 11.3 Å². The number of furan rings is 1. The fourth-order valence-corrected chi connectivity index (χ4v) is 2.90. The lowest BCUT2D eigenvalue weighted by atomic mass is 10.1. The van der Waals surface area contributed by atoms with Crippen LogP contribution in [0.4, 0.5) is 5.69 Å². The Morgan fingerprint density at radius 3 is 2.59 bits per heavy atom. The van der Waals surface area contributed by atoms with E-state index in [9.17, 15) is 20.3 Å². The third-order valence-corrected chi connectivity index (χ3v) is 4.41. The maximum atomic E-state index is 13.2. The Hall–Kier alpha value is -3.56. The highest BCUT2D eigenvalue weighted by Gasteiger charge is 2.20. The standard InChI is InChI=1S/C20H17N3O5S/c24-13-14-3-1-9-22(12-14)18(20(29)21-11-17-4-2-10-28-17)19(25)15-5-7-16(8-6-15)23(26)27/h1-10,12,24H,11,13H2,(H-,21,25,29). The van der Waals surface area contributed by atoms with Gasteiger partial charge in [-0.2, -0.15) is 4.57 Å². The van der Waals surface area contributed by atoms with Crippen LogP contribution in [0.1, 0.15) is 16.9 Å². The van der Waals surface area contributed by atoms with E-state index in [1.165, 1.54) is 35.1 Å². The molecule has 3 rings (SSSR count). The summed E-state index contributed by atoms with van der Waals surface area (Å²) in [5.74, 6) is 0.223. The Labute approximate surface area is 171 Å². The normalized spacial score (nSPS) is 11.6. The lowest BCUT2D eigenvalue weighted by Crippen LogP contribution is -2.42. The van der Waals surface area contributed by atoms with Crippen molar-refractivity contribution in [3.63, 3.8) is 0 Å². The van der Waals surface area contributed by atoms with Gasteiger partial charge in [0, 0.05) is 23.8 Å². The molecule has 0 saturated carbocycles. The van der Waals surface area contributed by atoms with E-state index in [0.717, 1.165) is 0 Å². The number of aromatic nitrogens is 1. The van der Waals surface area contributed by atoms with Crippen LogP contribution in [-0.4, -0.2) is 15.0 Å². The van der Waals surface area contributed by atoms with Gasteiger partial charge in [0.2, 0.25) is 5.70 Å². The van der Waals surface area contributed by atoms with E-state index in [2.05, 4.69) is 5.32 Å². The zero-order valence-corrected chi connectivity index (χ0v) is 16.0. The smallest absolute Gasteiger partial charge is 0.269 e. The number of pyridine rings is 1. The summed E-state index contributed by atoms with van der Waals surface area (Å²) in [4.78, 5) is 10.5. The van der Waals surface area contributed by atoms with E-state index in [1.807, 2.05) is 0 Å². The quantitative estimate of drug-likeness (QED) is 0.152. The molecule has 1 aromatic carbocycles. The highest BCUT2D eigenvalue weighted by Crippen LogP contribution is 2.19. The monoisotopic (exact) mass is 411 g/mol. The Morgan fingerprint density at radius 2 is 1.97 bits per heavy atom. The van der Waals surface area contributed by atoms with Crippen molar-refractivity contribution >= 4 is 34.3 Å². The van der Waals surface area contributed by atoms with Crippen LogP contribution in [0.15, 0.2) is 71.6 Å². The van der Waals surface area contributed by atoms with Gasteiger partial charge in [0.05, 0.1) is 24.3 Å². The Bertz CT molecular complexity index is 1050. The first kappa shape index (κ1) is 20.2. The third kappa shape index (κ3) is 4.84. The minimum atomic E-state index is -0.534. The summed E-state index contributed by atoms with van der Waals surface area (Å²) >= 11 is 5.45. The molecule has 29 heavy (non-hydrogen) atoms. The molecule has 0 amide bonds. The van der Waals surface area contributed by atoms with E-state index in [4.69, 9.17) is 16.6 Å². The minimum absolute atomic E-state index is 0.114. The molecule has 0 bridgehead atoms. The molecule has 0 aliphatic heterocycles. The van der Waals surface area contributed by atoms with Crippen LogP contribution < -0.4 is 15.0 Å². The highest BCUT2D eigenvalue weighted by atomic mass is 32.1. The fourth-order valence-electron chi connectivity index (χ4n) is 2.63. The van der Waals surface area contributed by atoms with Crippen LogP contribution in [0.3, 0.4) is 0 Å². The van der Waals surface area contributed by atoms with Crippen molar-refractivity contribution in [3.05, 3.63) is 94.2 Å². The SMILES string of the molecule is O=[N+]([O-])c1ccc(/C([O-])=C(/C(=S)NCc2ccco2)[n+]2cccc(CO)c2)cc1. The second-order valence-corrected chi connectivity index (χ2v) is 6.43. The van der Waals surface area contributed by atoms with Gasteiger partial charge in [0.15, 0.2) is 17.4 Å². The molecule has 0 unspecified atom stereocenters. The van der Waals surface area contributed by atoms with Gasteiger partial charge in [-0.1, -0.05) is 12.2 Å². The van der Waals surface area contributed by atoms with Crippen molar-refractivity contribution in [1.29, 1.82) is 0 Å². The molecule has 0 saturated heterocycles. The van der Waals surface area contributed by atoms with Gasteiger partial charge in [-0.25, -0.2) is 0 Å². The number of nitrogens with one attached hydrogen (secondary N) is 1. The molecule has 9 heteroatoms. The van der Waals surface area contributed by atoms with Gasteiger partial charge in [0.25, 0.3) is 5.69 Å². The summed E-state index contributed by atoms with van der Waals surface area (Å²) in [6, 6.07) is 12.2. The summed E-state index contributed by atoms with van der Waals surface area (Å²) in [6.07, 6.45) is 4.77. The first-order chi connectivity index (χ1) is 14.0. The number of benzene rings is 1. The van der Waals surface area contributed by atoms with Crippen molar-refractivity contribution in [2.75, 3.05) is 0 Å². The van der Waals surface area contributed by atoms with Gasteiger partial charge < -0.3 is 19.9 Å². The Morgan fingerprint density at radius 1 is 1.21 bits per heavy atom. The summed E-state index contributed by atoms with van der Waals surface area (Å²) in [5, 5.41) is 36.5. The van der Waals surface area contributed by atoms with Crippen LogP contribution in [0.5, 0.6) is 0 Å². The second kappa shape index (κ2) is 9.09. The Balaban J connectivity index is 2.01. The molecule has 0 aliphatic rings. The minimum Gasteiger partial charge on any atom is -0.867 e. The third-order valence-electron chi connectivity index (χ3n) is 4.08. The zero-order chi connectivity index (χ0) is 20.8. The van der Waals surface area contributed by atoms with Crippen molar-refractivity contribution in [3.8, 4) is 0 Å². The van der Waals surface area contributed by atoms with E-state index in [-0.39, 0.29) is 35.1 Å². The number of nitro groups is 1. The number of thiocarbonyl (C=S) groups is 1. The van der Waals surface area contributed by atoms with Crippen LogP contribution in [-0.2, 0) is 13.2 Å². The van der Waals surface area contributed by atoms with Crippen molar-refractivity contribution < 1.29 is 24.1 Å². The van der Waals surface area contributed by atoms with Crippen LogP contribution in [0.2, 0.25) is 0 Å². The summed E-state index contributed by atoms with van der Waals surface area (Å²) in [5.41, 5.74) is 0.872. The summed E-state index contributed by atoms with van der Waals surface area (Å²) in [6.45, 7) is 0.0789. The lowest BCUT2D eigenvalue weighted by Gasteiger charge is -2.16. The maximum absolute atomic E-state index is 13.2. The molecule has 0 atom stereocenters. The lowest BCUT2D eigenvalue weighted by molar-refractivity contribution is -0.578.